The van der Waals surface area contributed by atoms with Crippen LogP contribution in [-0.4, -0.2) is 62.3 Å². The minimum atomic E-state index is -1.96. The second kappa shape index (κ2) is 6.60. The molecule has 0 bridgehead atoms. The van der Waals surface area contributed by atoms with Crippen LogP contribution in [0.25, 0.3) is 0 Å². The molecule has 4 atom stereocenters. The lowest BCUT2D eigenvalue weighted by Gasteiger charge is -2.25. The molecule has 7 nitrogen and oxygen atoms in total. The van der Waals surface area contributed by atoms with Crippen molar-refractivity contribution in [1.82, 2.24) is 0 Å². The first-order chi connectivity index (χ1) is 8.90. The summed E-state index contributed by atoms with van der Waals surface area (Å²) in [6.45, 7) is -0.813. The number of rotatable bonds is 6. The molecule has 1 aromatic rings. The van der Waals surface area contributed by atoms with Crippen molar-refractivity contribution in [2.75, 3.05) is 12.3 Å². The molecule has 106 valence electrons. The highest BCUT2D eigenvalue weighted by atomic mass is 16.4. The summed E-state index contributed by atoms with van der Waals surface area (Å²) >= 11 is 0. The zero-order chi connectivity index (χ0) is 14.6. The van der Waals surface area contributed by atoms with Crippen molar-refractivity contribution < 1.29 is 30.3 Å². The zero-order valence-corrected chi connectivity index (χ0v) is 10.0. The van der Waals surface area contributed by atoms with E-state index in [1.54, 1.807) is 6.07 Å². The Hall–Kier alpha value is -1.51. The molecule has 19 heavy (non-hydrogen) atoms. The molecule has 0 amide bonds. The molecule has 0 aliphatic carbocycles. The number of carbonyl (C=O) groups is 1. The summed E-state index contributed by atoms with van der Waals surface area (Å²) in [6.07, 6.45) is -7.41. The van der Waals surface area contributed by atoms with E-state index in [1.807, 2.05) is 0 Å². The van der Waals surface area contributed by atoms with E-state index in [2.05, 4.69) is 0 Å². The molecular weight excluding hydrogens is 254 g/mol. The summed E-state index contributed by atoms with van der Waals surface area (Å²) in [5.41, 5.74) is 5.68. The minimum Gasteiger partial charge on any atom is -0.398 e. The number of hydrogen-bond donors (Lipinski definition) is 6. The van der Waals surface area contributed by atoms with Crippen molar-refractivity contribution >= 4 is 11.5 Å². The van der Waals surface area contributed by atoms with Crippen LogP contribution in [0.2, 0.25) is 0 Å². The Bertz CT molecular complexity index is 438. The van der Waals surface area contributed by atoms with Crippen LogP contribution in [0.4, 0.5) is 5.69 Å². The largest absolute Gasteiger partial charge is 0.398 e. The molecule has 0 unspecified atom stereocenters. The number of para-hydroxylation sites is 1. The van der Waals surface area contributed by atoms with E-state index < -0.39 is 36.8 Å². The predicted octanol–water partition coefficient (Wildman–Crippen LogP) is -2.11. The number of ketones is 1. The Kier molecular flexibility index (Phi) is 5.40. The molecule has 0 saturated heterocycles. The second-order valence-electron chi connectivity index (χ2n) is 4.13. The number of aliphatic hydroxyl groups excluding tert-OH is 5. The van der Waals surface area contributed by atoms with Gasteiger partial charge in [0.1, 0.15) is 24.4 Å². The van der Waals surface area contributed by atoms with E-state index in [9.17, 15) is 20.1 Å². The van der Waals surface area contributed by atoms with Crippen molar-refractivity contribution in [2.45, 2.75) is 24.4 Å². The molecule has 0 saturated carbocycles. The van der Waals surface area contributed by atoms with Crippen molar-refractivity contribution in [3.05, 3.63) is 29.8 Å². The van der Waals surface area contributed by atoms with E-state index in [1.165, 1.54) is 18.2 Å². The number of carbonyl (C=O) groups excluding carboxylic acids is 1. The average Bonchev–Trinajstić information content (AvgIpc) is 2.43. The molecule has 1 aromatic carbocycles. The van der Waals surface area contributed by atoms with Crippen LogP contribution in [0.1, 0.15) is 10.4 Å². The van der Waals surface area contributed by atoms with Gasteiger partial charge in [-0.3, -0.25) is 4.79 Å². The fourth-order valence-corrected chi connectivity index (χ4v) is 1.56. The summed E-state index contributed by atoms with van der Waals surface area (Å²) in [6, 6.07) is 5.94. The summed E-state index contributed by atoms with van der Waals surface area (Å²) in [4.78, 5) is 11.9. The smallest absolute Gasteiger partial charge is 0.196 e. The molecule has 0 aromatic heterocycles. The monoisotopic (exact) mass is 271 g/mol. The molecule has 0 fully saturated rings. The zero-order valence-electron chi connectivity index (χ0n) is 10.0. The SMILES string of the molecule is Nc1ccccc1C(=O)[C@H](O)[C@@H](O)[C@@H](O)[C@H](O)CO. The number of anilines is 1. The number of benzene rings is 1. The minimum absolute atomic E-state index is 0.000242. The van der Waals surface area contributed by atoms with E-state index in [0.29, 0.717) is 0 Å². The van der Waals surface area contributed by atoms with Gasteiger partial charge in [-0.05, 0) is 12.1 Å². The Labute approximate surface area is 109 Å². The average molecular weight is 271 g/mol. The highest BCUT2D eigenvalue weighted by Gasteiger charge is 2.34. The summed E-state index contributed by atoms with van der Waals surface area (Å²) < 4.78 is 0. The Morgan fingerprint density at radius 3 is 2.21 bits per heavy atom. The maximum absolute atomic E-state index is 11.9. The molecule has 0 spiro atoms. The standard InChI is InChI=1S/C12H17NO6/c13-7-4-2-1-3-6(7)9(16)11(18)12(19)10(17)8(15)5-14/h1-4,8,10-12,14-15,17-19H,5,13H2/t8-,10+,11+,12+/m1/s1. The Morgan fingerprint density at radius 2 is 1.68 bits per heavy atom. The van der Waals surface area contributed by atoms with Crippen LogP contribution >= 0.6 is 0 Å². The van der Waals surface area contributed by atoms with E-state index >= 15 is 0 Å². The van der Waals surface area contributed by atoms with Crippen LogP contribution in [0.15, 0.2) is 24.3 Å². The van der Waals surface area contributed by atoms with Crippen molar-refractivity contribution in [3.63, 3.8) is 0 Å². The number of hydrogen-bond acceptors (Lipinski definition) is 7. The quantitative estimate of drug-likeness (QED) is 0.256. The van der Waals surface area contributed by atoms with E-state index in [-0.39, 0.29) is 11.3 Å². The van der Waals surface area contributed by atoms with Gasteiger partial charge < -0.3 is 31.3 Å². The topological polar surface area (TPSA) is 144 Å². The lowest BCUT2D eigenvalue weighted by atomic mass is 9.96. The normalized spacial score (nSPS) is 17.5. The van der Waals surface area contributed by atoms with E-state index in [4.69, 9.17) is 15.9 Å². The Morgan fingerprint density at radius 1 is 1.11 bits per heavy atom. The van der Waals surface area contributed by atoms with Gasteiger partial charge in [-0.25, -0.2) is 0 Å². The van der Waals surface area contributed by atoms with Gasteiger partial charge in [0.05, 0.1) is 6.61 Å². The maximum atomic E-state index is 11.9. The Balaban J connectivity index is 2.86. The second-order valence-corrected chi connectivity index (χ2v) is 4.13. The molecule has 7 N–H and O–H groups in total. The van der Waals surface area contributed by atoms with Gasteiger partial charge >= 0.3 is 0 Å². The molecule has 0 radical (unpaired) electrons. The third-order valence-electron chi connectivity index (χ3n) is 2.75. The molecule has 1 rings (SSSR count). The first kappa shape index (κ1) is 15.5. The first-order valence-electron chi connectivity index (χ1n) is 5.62. The fraction of sp³-hybridized carbons (Fsp3) is 0.417. The summed E-state index contributed by atoms with van der Waals surface area (Å²) in [5.74, 6) is -0.880. The van der Waals surface area contributed by atoms with Gasteiger partial charge in [-0.2, -0.15) is 0 Å². The van der Waals surface area contributed by atoms with Crippen LogP contribution in [-0.2, 0) is 0 Å². The highest BCUT2D eigenvalue weighted by Crippen LogP contribution is 2.16. The van der Waals surface area contributed by atoms with Crippen LogP contribution in [0.5, 0.6) is 0 Å². The number of Topliss-reactive ketones (excluding diaryl/α,β-unsaturated/α-hetero) is 1. The lowest BCUT2D eigenvalue weighted by Crippen LogP contribution is -2.48. The number of aliphatic hydroxyl groups is 5. The molecule has 7 heteroatoms. The summed E-state index contributed by atoms with van der Waals surface area (Å²) in [5, 5.41) is 46.4. The van der Waals surface area contributed by atoms with Crippen molar-refractivity contribution in [1.29, 1.82) is 0 Å². The third-order valence-corrected chi connectivity index (χ3v) is 2.75. The van der Waals surface area contributed by atoms with Gasteiger partial charge in [0, 0.05) is 11.3 Å². The molecule has 0 aliphatic heterocycles. The fourth-order valence-electron chi connectivity index (χ4n) is 1.56. The van der Waals surface area contributed by atoms with Gasteiger partial charge in [0.15, 0.2) is 5.78 Å². The van der Waals surface area contributed by atoms with Gasteiger partial charge in [0.25, 0.3) is 0 Å². The number of nitrogen functional groups attached to an aromatic ring is 1. The van der Waals surface area contributed by atoms with Crippen molar-refractivity contribution in [2.24, 2.45) is 0 Å². The van der Waals surface area contributed by atoms with Crippen molar-refractivity contribution in [3.8, 4) is 0 Å². The maximum Gasteiger partial charge on any atom is 0.196 e. The summed E-state index contributed by atoms with van der Waals surface area (Å²) in [7, 11) is 0. The van der Waals surface area contributed by atoms with Gasteiger partial charge in [0.2, 0.25) is 0 Å². The molecule has 0 heterocycles. The first-order valence-corrected chi connectivity index (χ1v) is 5.62. The lowest BCUT2D eigenvalue weighted by molar-refractivity contribution is -0.105. The third kappa shape index (κ3) is 3.49. The molecular formula is C12H17NO6. The van der Waals surface area contributed by atoms with Gasteiger partial charge in [-0.1, -0.05) is 12.1 Å². The van der Waals surface area contributed by atoms with E-state index in [0.717, 1.165) is 0 Å². The van der Waals surface area contributed by atoms with Crippen LogP contribution in [0.3, 0.4) is 0 Å². The van der Waals surface area contributed by atoms with Gasteiger partial charge in [-0.15, -0.1) is 0 Å². The molecule has 0 aliphatic rings. The number of nitrogens with two attached hydrogens (primary N) is 1. The highest BCUT2D eigenvalue weighted by molar-refractivity contribution is 6.03. The predicted molar refractivity (Wildman–Crippen MR) is 66.3 cm³/mol. The van der Waals surface area contributed by atoms with Crippen LogP contribution < -0.4 is 5.73 Å². The van der Waals surface area contributed by atoms with Crippen LogP contribution in [0, 0.1) is 0 Å².